The van der Waals surface area contributed by atoms with E-state index >= 15 is 0 Å². The van der Waals surface area contributed by atoms with Gasteiger partial charge in [-0.3, -0.25) is 4.90 Å². The highest BCUT2D eigenvalue weighted by molar-refractivity contribution is 6.33. The molecule has 94 valence electrons. The molecule has 1 aliphatic rings. The molecule has 1 atom stereocenters. The molecule has 0 spiro atoms. The number of hydrogen-bond acceptors (Lipinski definition) is 2. The van der Waals surface area contributed by atoms with Crippen molar-refractivity contribution in [3.05, 3.63) is 33.8 Å². The van der Waals surface area contributed by atoms with Crippen LogP contribution >= 0.6 is 23.2 Å². The van der Waals surface area contributed by atoms with E-state index in [1.54, 1.807) is 0 Å². The number of likely N-dealkylation sites (tertiary alicyclic amines) is 1. The zero-order valence-corrected chi connectivity index (χ0v) is 11.3. The molecule has 2 nitrogen and oxygen atoms in total. The second-order valence-corrected chi connectivity index (χ2v) is 5.56. The molecule has 1 heterocycles. The fourth-order valence-corrected chi connectivity index (χ4v) is 2.76. The van der Waals surface area contributed by atoms with Gasteiger partial charge in [-0.05, 0) is 55.6 Å². The van der Waals surface area contributed by atoms with E-state index in [0.717, 1.165) is 41.8 Å². The first kappa shape index (κ1) is 13.2. The first-order valence-electron chi connectivity index (χ1n) is 6.05. The molecule has 1 aromatic rings. The van der Waals surface area contributed by atoms with E-state index in [0.29, 0.717) is 5.92 Å². The molecule has 0 aromatic heterocycles. The Morgan fingerprint density at radius 2 is 2.18 bits per heavy atom. The number of nitrogens with two attached hydrogens (primary N) is 1. The van der Waals surface area contributed by atoms with E-state index in [-0.39, 0.29) is 0 Å². The molecule has 2 rings (SSSR count). The number of piperidine rings is 1. The fraction of sp³-hybridized carbons (Fsp3) is 0.538. The minimum atomic E-state index is 0.627. The third-order valence-corrected chi connectivity index (χ3v) is 3.94. The molecule has 17 heavy (non-hydrogen) atoms. The summed E-state index contributed by atoms with van der Waals surface area (Å²) >= 11 is 12.2. The summed E-state index contributed by atoms with van der Waals surface area (Å²) in [4.78, 5) is 2.42. The third-order valence-electron chi connectivity index (χ3n) is 3.34. The van der Waals surface area contributed by atoms with Gasteiger partial charge in [0.1, 0.15) is 0 Å². The zero-order valence-electron chi connectivity index (χ0n) is 9.83. The van der Waals surface area contributed by atoms with Gasteiger partial charge in [-0.2, -0.15) is 0 Å². The first-order valence-corrected chi connectivity index (χ1v) is 6.81. The van der Waals surface area contributed by atoms with Crippen LogP contribution in [0.5, 0.6) is 0 Å². The molecule has 0 amide bonds. The number of hydrogen-bond donors (Lipinski definition) is 1. The van der Waals surface area contributed by atoms with Crippen LogP contribution in [0.1, 0.15) is 18.4 Å². The molecule has 1 aliphatic heterocycles. The van der Waals surface area contributed by atoms with E-state index in [4.69, 9.17) is 28.9 Å². The van der Waals surface area contributed by atoms with Crippen LogP contribution in [0, 0.1) is 5.92 Å². The van der Waals surface area contributed by atoms with Gasteiger partial charge in [-0.25, -0.2) is 0 Å². The second kappa shape index (κ2) is 6.05. The van der Waals surface area contributed by atoms with E-state index in [9.17, 15) is 0 Å². The Hall–Kier alpha value is -0.280. The zero-order chi connectivity index (χ0) is 12.3. The highest BCUT2D eigenvalue weighted by Gasteiger charge is 2.19. The van der Waals surface area contributed by atoms with Crippen molar-refractivity contribution in [1.82, 2.24) is 4.90 Å². The summed E-state index contributed by atoms with van der Waals surface area (Å²) in [6, 6.07) is 5.64. The topological polar surface area (TPSA) is 29.3 Å². The maximum absolute atomic E-state index is 6.18. The van der Waals surface area contributed by atoms with E-state index in [1.807, 2.05) is 18.2 Å². The Balaban J connectivity index is 2.02. The van der Waals surface area contributed by atoms with Crippen LogP contribution < -0.4 is 5.73 Å². The molecule has 1 fully saturated rings. The van der Waals surface area contributed by atoms with Crippen molar-refractivity contribution in [2.45, 2.75) is 19.4 Å². The molecule has 4 heteroatoms. The van der Waals surface area contributed by atoms with Gasteiger partial charge in [-0.1, -0.05) is 23.2 Å². The van der Waals surface area contributed by atoms with Crippen LogP contribution in [-0.2, 0) is 6.54 Å². The quantitative estimate of drug-likeness (QED) is 0.916. The summed E-state index contributed by atoms with van der Waals surface area (Å²) in [7, 11) is 0. The molecular weight excluding hydrogens is 255 g/mol. The van der Waals surface area contributed by atoms with Gasteiger partial charge in [-0.15, -0.1) is 0 Å². The van der Waals surface area contributed by atoms with Crippen molar-refractivity contribution in [3.8, 4) is 0 Å². The largest absolute Gasteiger partial charge is 0.330 e. The van der Waals surface area contributed by atoms with Crippen molar-refractivity contribution in [2.75, 3.05) is 19.6 Å². The number of halogens is 2. The van der Waals surface area contributed by atoms with Crippen molar-refractivity contribution < 1.29 is 0 Å². The Labute approximate surface area is 113 Å². The van der Waals surface area contributed by atoms with Gasteiger partial charge in [0.2, 0.25) is 0 Å². The number of rotatable bonds is 3. The Bertz CT molecular complexity index is 382. The minimum Gasteiger partial charge on any atom is -0.330 e. The van der Waals surface area contributed by atoms with Gasteiger partial charge >= 0.3 is 0 Å². The Kier molecular flexibility index (Phi) is 4.69. The lowest BCUT2D eigenvalue weighted by atomic mass is 9.98. The van der Waals surface area contributed by atoms with Crippen LogP contribution in [0.2, 0.25) is 10.0 Å². The van der Waals surface area contributed by atoms with Crippen LogP contribution in [0.3, 0.4) is 0 Å². The van der Waals surface area contributed by atoms with Crippen LogP contribution in [0.15, 0.2) is 18.2 Å². The summed E-state index contributed by atoms with van der Waals surface area (Å²) in [5.41, 5.74) is 6.85. The van der Waals surface area contributed by atoms with Crippen LogP contribution in [0.25, 0.3) is 0 Å². The molecule has 1 saturated heterocycles. The average molecular weight is 273 g/mol. The standard InChI is InChI=1S/C13H18Cl2N2/c14-12-3-4-13(15)11(6-12)9-17-5-1-2-10(7-16)8-17/h3-4,6,10H,1-2,5,7-9,16H2/t10-/m0/s1. The van der Waals surface area contributed by atoms with E-state index in [1.165, 1.54) is 12.8 Å². The van der Waals surface area contributed by atoms with Crippen molar-refractivity contribution >= 4 is 23.2 Å². The first-order chi connectivity index (χ1) is 8.19. The Morgan fingerprint density at radius 1 is 1.35 bits per heavy atom. The third kappa shape index (κ3) is 3.59. The molecular formula is C13H18Cl2N2. The summed E-state index contributed by atoms with van der Waals surface area (Å²) in [5.74, 6) is 0.627. The molecule has 0 saturated carbocycles. The SMILES string of the molecule is NC[C@@H]1CCCN(Cc2cc(Cl)ccc2Cl)C1. The highest BCUT2D eigenvalue weighted by atomic mass is 35.5. The average Bonchev–Trinajstić information content (AvgIpc) is 2.34. The number of nitrogens with zero attached hydrogens (tertiary/aromatic N) is 1. The molecule has 1 aromatic carbocycles. The minimum absolute atomic E-state index is 0.627. The summed E-state index contributed by atoms with van der Waals surface area (Å²) < 4.78 is 0. The Morgan fingerprint density at radius 3 is 2.94 bits per heavy atom. The predicted molar refractivity (Wildman–Crippen MR) is 73.5 cm³/mol. The molecule has 0 unspecified atom stereocenters. The van der Waals surface area contributed by atoms with E-state index < -0.39 is 0 Å². The molecule has 0 bridgehead atoms. The maximum Gasteiger partial charge on any atom is 0.0452 e. The van der Waals surface area contributed by atoms with Crippen LogP contribution in [-0.4, -0.2) is 24.5 Å². The second-order valence-electron chi connectivity index (χ2n) is 4.71. The van der Waals surface area contributed by atoms with Gasteiger partial charge in [0.25, 0.3) is 0 Å². The van der Waals surface area contributed by atoms with Crippen molar-refractivity contribution in [2.24, 2.45) is 11.7 Å². The molecule has 0 aliphatic carbocycles. The van der Waals surface area contributed by atoms with Gasteiger partial charge < -0.3 is 5.73 Å². The van der Waals surface area contributed by atoms with Crippen molar-refractivity contribution in [1.29, 1.82) is 0 Å². The molecule has 0 radical (unpaired) electrons. The highest BCUT2D eigenvalue weighted by Crippen LogP contribution is 2.24. The predicted octanol–water partition coefficient (Wildman–Crippen LogP) is 3.16. The number of benzene rings is 1. The maximum atomic E-state index is 6.18. The summed E-state index contributed by atoms with van der Waals surface area (Å²) in [6.07, 6.45) is 2.47. The lowest BCUT2D eigenvalue weighted by Gasteiger charge is -2.32. The van der Waals surface area contributed by atoms with Gasteiger partial charge in [0, 0.05) is 23.1 Å². The normalized spacial score (nSPS) is 21.7. The van der Waals surface area contributed by atoms with Gasteiger partial charge in [0.05, 0.1) is 0 Å². The lowest BCUT2D eigenvalue weighted by Crippen LogP contribution is -2.37. The van der Waals surface area contributed by atoms with Crippen molar-refractivity contribution in [3.63, 3.8) is 0 Å². The summed E-state index contributed by atoms with van der Waals surface area (Å²) in [6.45, 7) is 3.84. The van der Waals surface area contributed by atoms with E-state index in [2.05, 4.69) is 4.90 Å². The van der Waals surface area contributed by atoms with Crippen LogP contribution in [0.4, 0.5) is 0 Å². The fourth-order valence-electron chi connectivity index (χ4n) is 2.39. The molecule has 2 N–H and O–H groups in total. The monoisotopic (exact) mass is 272 g/mol. The smallest absolute Gasteiger partial charge is 0.0452 e. The summed E-state index contributed by atoms with van der Waals surface area (Å²) in [5, 5.41) is 1.54. The lowest BCUT2D eigenvalue weighted by molar-refractivity contribution is 0.171. The van der Waals surface area contributed by atoms with Gasteiger partial charge in [0.15, 0.2) is 0 Å².